The molecule has 12 heteroatoms. The zero-order chi connectivity index (χ0) is 27.4. The second-order valence-corrected chi connectivity index (χ2v) is 9.17. The van der Waals surface area contributed by atoms with Crippen molar-refractivity contribution in [1.29, 1.82) is 0 Å². The molecule has 4 N–H and O–H groups in total. The summed E-state index contributed by atoms with van der Waals surface area (Å²) in [7, 11) is 0. The van der Waals surface area contributed by atoms with Crippen molar-refractivity contribution in [2.24, 2.45) is 16.6 Å². The molecule has 0 bridgehead atoms. The average Bonchev–Trinajstić information content (AvgIpc) is 3.35. The van der Waals surface area contributed by atoms with E-state index in [1.54, 1.807) is 43.0 Å². The van der Waals surface area contributed by atoms with Gasteiger partial charge in [-0.3, -0.25) is 19.7 Å². The second-order valence-electron chi connectivity index (χ2n) is 9.17. The van der Waals surface area contributed by atoms with Gasteiger partial charge in [0.05, 0.1) is 25.8 Å². The molecular formula is C26H40ClN5O6. The predicted molar refractivity (Wildman–Crippen MR) is 146 cm³/mol. The fraction of sp³-hybridized carbons (Fsp3) is 0.577. The van der Waals surface area contributed by atoms with Gasteiger partial charge in [-0.25, -0.2) is 4.79 Å². The lowest BCUT2D eigenvalue weighted by Gasteiger charge is -2.29. The Morgan fingerprint density at radius 3 is 2.37 bits per heavy atom. The van der Waals surface area contributed by atoms with Gasteiger partial charge in [0, 0.05) is 18.7 Å². The average molecular weight is 554 g/mol. The van der Waals surface area contributed by atoms with Crippen molar-refractivity contribution in [2.45, 2.75) is 65.6 Å². The fourth-order valence-corrected chi connectivity index (χ4v) is 4.08. The largest absolute Gasteiger partial charge is 0.465 e. The Morgan fingerprint density at radius 2 is 1.76 bits per heavy atom. The van der Waals surface area contributed by atoms with Crippen LogP contribution < -0.4 is 16.4 Å². The zero-order valence-corrected chi connectivity index (χ0v) is 23.3. The molecule has 3 amide bonds. The van der Waals surface area contributed by atoms with Crippen LogP contribution in [0.2, 0.25) is 0 Å². The minimum absolute atomic E-state index is 0. The first-order chi connectivity index (χ1) is 17.7. The highest BCUT2D eigenvalue weighted by molar-refractivity contribution is 6.02. The minimum atomic E-state index is -0.751. The van der Waals surface area contributed by atoms with E-state index >= 15 is 0 Å². The molecule has 11 nitrogen and oxygen atoms in total. The van der Waals surface area contributed by atoms with Crippen molar-refractivity contribution in [3.05, 3.63) is 35.4 Å². The van der Waals surface area contributed by atoms with Gasteiger partial charge in [-0.15, -0.1) is 12.4 Å². The molecule has 1 aliphatic rings. The van der Waals surface area contributed by atoms with Crippen LogP contribution in [0, 0.1) is 5.92 Å². The van der Waals surface area contributed by atoms with E-state index in [-0.39, 0.29) is 62.3 Å². The summed E-state index contributed by atoms with van der Waals surface area (Å²) in [6.07, 6.45) is 1.09. The van der Waals surface area contributed by atoms with Crippen LogP contribution in [-0.4, -0.2) is 73.0 Å². The Hall–Kier alpha value is -3.18. The highest BCUT2D eigenvalue weighted by atomic mass is 35.5. The zero-order valence-electron chi connectivity index (χ0n) is 22.5. The number of hydrogen-bond donors (Lipinski definition) is 3. The van der Waals surface area contributed by atoms with Gasteiger partial charge in [0.1, 0.15) is 11.9 Å². The molecule has 212 valence electrons. The van der Waals surface area contributed by atoms with E-state index in [2.05, 4.69) is 15.6 Å². The Bertz CT molecular complexity index is 969. The van der Waals surface area contributed by atoms with Crippen LogP contribution in [-0.2, 0) is 30.4 Å². The Labute approximate surface area is 230 Å². The summed E-state index contributed by atoms with van der Waals surface area (Å²) in [5.74, 6) is -0.567. The maximum Gasteiger partial charge on any atom is 0.435 e. The molecule has 2 rings (SSSR count). The smallest absolute Gasteiger partial charge is 0.435 e. The highest BCUT2D eigenvalue weighted by Crippen LogP contribution is 2.20. The van der Waals surface area contributed by atoms with Crippen LogP contribution in [0.25, 0.3) is 0 Å². The number of carbonyl (C=O) groups is 4. The molecule has 0 radical (unpaired) electrons. The molecule has 1 fully saturated rings. The molecule has 1 aromatic carbocycles. The number of ether oxygens (including phenoxy) is 2. The van der Waals surface area contributed by atoms with Crippen LogP contribution in [0.1, 0.15) is 58.1 Å². The Morgan fingerprint density at radius 1 is 1.11 bits per heavy atom. The van der Waals surface area contributed by atoms with E-state index < -0.39 is 24.1 Å². The molecule has 1 heterocycles. The van der Waals surface area contributed by atoms with Gasteiger partial charge in [-0.05, 0) is 44.6 Å². The molecule has 0 aromatic heterocycles. The summed E-state index contributed by atoms with van der Waals surface area (Å²) in [6.45, 7) is 8.59. The minimum Gasteiger partial charge on any atom is -0.465 e. The standard InChI is InChI=1S/C26H39N5O6.ClH/c1-5-36-22(32)16-28-20(14-17(3)4)25(34)31-13-7-8-21(31)24(33)29-15-18-9-11-19(12-10-18)23(27)30-26(35)37-6-2;/h9-12,17,20-21,28H,5-8,13-16H2,1-4H3,(H,29,33)(H2,27,30,35);1H/t20-,21+;/m1./s1. The number of amidine groups is 1. The van der Waals surface area contributed by atoms with E-state index in [1.807, 2.05) is 13.8 Å². The molecule has 1 saturated heterocycles. The highest BCUT2D eigenvalue weighted by Gasteiger charge is 2.37. The first kappa shape index (κ1) is 32.8. The van der Waals surface area contributed by atoms with E-state index in [4.69, 9.17) is 15.2 Å². The van der Waals surface area contributed by atoms with E-state index in [1.165, 1.54) is 0 Å². The molecule has 1 aliphatic heterocycles. The monoisotopic (exact) mass is 553 g/mol. The number of aliphatic imine (C=N–C) groups is 1. The van der Waals surface area contributed by atoms with Crippen molar-refractivity contribution in [3.8, 4) is 0 Å². The molecule has 2 atom stereocenters. The summed E-state index contributed by atoms with van der Waals surface area (Å²) in [4.78, 5) is 54.9. The number of carbonyl (C=O) groups excluding carboxylic acids is 4. The molecule has 0 unspecified atom stereocenters. The number of likely N-dealkylation sites (tertiary alicyclic amines) is 1. The Balaban J connectivity index is 0.00000722. The number of halogens is 1. The van der Waals surface area contributed by atoms with Crippen molar-refractivity contribution in [2.75, 3.05) is 26.3 Å². The van der Waals surface area contributed by atoms with Crippen molar-refractivity contribution in [1.82, 2.24) is 15.5 Å². The van der Waals surface area contributed by atoms with E-state index in [0.29, 0.717) is 24.9 Å². The van der Waals surface area contributed by atoms with Crippen LogP contribution in [0.3, 0.4) is 0 Å². The summed E-state index contributed by atoms with van der Waals surface area (Å²) < 4.78 is 9.72. The van der Waals surface area contributed by atoms with Crippen LogP contribution in [0.5, 0.6) is 0 Å². The predicted octanol–water partition coefficient (Wildman–Crippen LogP) is 2.14. The van der Waals surface area contributed by atoms with Gasteiger partial charge in [0.25, 0.3) is 0 Å². The molecule has 0 aliphatic carbocycles. The van der Waals surface area contributed by atoms with Gasteiger partial charge < -0.3 is 25.4 Å². The van der Waals surface area contributed by atoms with Gasteiger partial charge in [-0.1, -0.05) is 38.1 Å². The summed E-state index contributed by atoms with van der Waals surface area (Å²) >= 11 is 0. The third-order valence-electron chi connectivity index (χ3n) is 5.84. The first-order valence-electron chi connectivity index (χ1n) is 12.7. The van der Waals surface area contributed by atoms with Gasteiger partial charge in [0.2, 0.25) is 11.8 Å². The van der Waals surface area contributed by atoms with Crippen molar-refractivity contribution in [3.63, 3.8) is 0 Å². The SMILES string of the molecule is CCOC(=O)CN[C@H](CC(C)C)C(=O)N1CCC[C@H]1C(=O)NCc1ccc(C(N)=NC(=O)OCC)cc1.Cl. The summed E-state index contributed by atoms with van der Waals surface area (Å²) in [5.41, 5.74) is 7.23. The number of esters is 1. The number of nitrogens with two attached hydrogens (primary N) is 1. The molecule has 0 spiro atoms. The van der Waals surface area contributed by atoms with Crippen LogP contribution in [0.4, 0.5) is 4.79 Å². The number of amides is 3. The lowest BCUT2D eigenvalue weighted by molar-refractivity contribution is -0.143. The lowest BCUT2D eigenvalue weighted by atomic mass is 10.0. The number of benzene rings is 1. The topological polar surface area (TPSA) is 152 Å². The number of nitrogens with one attached hydrogen (secondary N) is 2. The third-order valence-corrected chi connectivity index (χ3v) is 5.84. The summed E-state index contributed by atoms with van der Waals surface area (Å²) in [6, 6.07) is 5.82. The molecule has 1 aromatic rings. The van der Waals surface area contributed by atoms with Crippen molar-refractivity contribution < 1.29 is 28.7 Å². The van der Waals surface area contributed by atoms with Crippen LogP contribution in [0.15, 0.2) is 29.3 Å². The van der Waals surface area contributed by atoms with Gasteiger partial charge >= 0.3 is 12.1 Å². The number of nitrogens with zero attached hydrogens (tertiary/aromatic N) is 2. The Kier molecular flexibility index (Phi) is 14.4. The van der Waals surface area contributed by atoms with Gasteiger partial charge in [-0.2, -0.15) is 4.99 Å². The van der Waals surface area contributed by atoms with Gasteiger partial charge in [0.15, 0.2) is 0 Å². The molecule has 0 saturated carbocycles. The normalized spacial score (nSPS) is 16.0. The third kappa shape index (κ3) is 10.3. The molecular weight excluding hydrogens is 514 g/mol. The first-order valence-corrected chi connectivity index (χ1v) is 12.7. The second kappa shape index (κ2) is 16.6. The maximum atomic E-state index is 13.3. The fourth-order valence-electron chi connectivity index (χ4n) is 4.08. The van der Waals surface area contributed by atoms with Crippen molar-refractivity contribution >= 4 is 42.1 Å². The summed E-state index contributed by atoms with van der Waals surface area (Å²) in [5, 5.41) is 5.92. The number of rotatable bonds is 12. The number of hydrogen-bond acceptors (Lipinski definition) is 7. The van der Waals surface area contributed by atoms with E-state index in [9.17, 15) is 19.2 Å². The molecule has 38 heavy (non-hydrogen) atoms. The van der Waals surface area contributed by atoms with Crippen LogP contribution >= 0.6 is 12.4 Å². The quantitative estimate of drug-likeness (QED) is 0.202. The maximum absolute atomic E-state index is 13.3. The lowest BCUT2D eigenvalue weighted by Crippen LogP contribution is -2.53. The van der Waals surface area contributed by atoms with E-state index in [0.717, 1.165) is 12.0 Å².